The van der Waals surface area contributed by atoms with Crippen molar-refractivity contribution >= 4 is 44.9 Å². The van der Waals surface area contributed by atoms with Gasteiger partial charge in [0.25, 0.3) is 0 Å². The fourth-order valence-electron chi connectivity index (χ4n) is 7.31. The second-order valence-corrected chi connectivity index (χ2v) is 16.4. The molecule has 7 heteroatoms. The van der Waals surface area contributed by atoms with Crippen LogP contribution in [0.4, 0.5) is 13.2 Å². The lowest BCUT2D eigenvalue weighted by Gasteiger charge is -2.21. The van der Waals surface area contributed by atoms with Gasteiger partial charge in [0.05, 0.1) is 16.6 Å². The number of alkyl halides is 3. The molecule has 0 bridgehead atoms. The van der Waals surface area contributed by atoms with E-state index in [9.17, 15) is 13.2 Å². The summed E-state index contributed by atoms with van der Waals surface area (Å²) < 4.78 is 43.5. The average Bonchev–Trinajstić information content (AvgIpc) is 3.50. The van der Waals surface area contributed by atoms with Gasteiger partial charge in [-0.3, -0.25) is 0 Å². The zero-order chi connectivity index (χ0) is 38.7. The van der Waals surface area contributed by atoms with Crippen LogP contribution in [0.15, 0.2) is 149 Å². The molecule has 1 aromatic heterocycles. The summed E-state index contributed by atoms with van der Waals surface area (Å²) in [6.07, 6.45) is -0.279. The van der Waals surface area contributed by atoms with Crippen molar-refractivity contribution in [2.75, 3.05) is 0 Å². The maximum absolute atomic E-state index is 13.7. The second kappa shape index (κ2) is 13.4. The van der Waals surface area contributed by atoms with Gasteiger partial charge in [-0.2, -0.15) is 13.2 Å². The summed E-state index contributed by atoms with van der Waals surface area (Å²) in [5, 5.41) is 7.38. The molecule has 5 aromatic carbocycles. The fourth-order valence-corrected chi connectivity index (χ4v) is 7.31. The Kier molecular flexibility index (Phi) is 8.79. The zero-order valence-corrected chi connectivity index (χ0v) is 31.9. The maximum Gasteiger partial charge on any atom is 0.416 e. The number of hydrogen-bond donors (Lipinski definition) is 1. The van der Waals surface area contributed by atoms with Gasteiger partial charge >= 0.3 is 6.18 Å². The Morgan fingerprint density at radius 1 is 0.600 bits per heavy atom. The number of rotatable bonds is 3. The number of allylic oxidation sites excluding steroid dienone is 4. The van der Waals surface area contributed by atoms with E-state index in [1.807, 2.05) is 66.7 Å². The van der Waals surface area contributed by atoms with Crippen LogP contribution in [-0.4, -0.2) is 22.4 Å². The highest BCUT2D eigenvalue weighted by Gasteiger charge is 2.32. The first-order valence-electron chi connectivity index (χ1n) is 18.6. The quantitative estimate of drug-likeness (QED) is 0.193. The molecule has 1 aliphatic heterocycles. The summed E-state index contributed by atoms with van der Waals surface area (Å²) in [7, 11) is 0. The van der Waals surface area contributed by atoms with E-state index in [4.69, 9.17) is 9.98 Å². The summed E-state index contributed by atoms with van der Waals surface area (Å²) >= 11 is 0. The van der Waals surface area contributed by atoms with Crippen LogP contribution in [0.2, 0.25) is 0 Å². The minimum absolute atomic E-state index is 0.0780. The van der Waals surface area contributed by atoms with E-state index in [0.29, 0.717) is 17.5 Å². The number of aromatic nitrogens is 1. The molecule has 0 spiro atoms. The Morgan fingerprint density at radius 2 is 1.18 bits per heavy atom. The van der Waals surface area contributed by atoms with Gasteiger partial charge in [0.1, 0.15) is 11.7 Å². The molecule has 4 nitrogen and oxygen atoms in total. The number of benzene rings is 5. The van der Waals surface area contributed by atoms with Crippen LogP contribution in [0.3, 0.4) is 0 Å². The molecule has 0 fully saturated rings. The normalized spacial score (nSPS) is 17.2. The second-order valence-electron chi connectivity index (χ2n) is 16.4. The summed E-state index contributed by atoms with van der Waals surface area (Å²) in [6, 6.07) is 39.4. The molecule has 8 rings (SSSR count). The minimum Gasteiger partial charge on any atom is -0.324 e. The predicted molar refractivity (Wildman–Crippen MR) is 221 cm³/mol. The summed E-state index contributed by atoms with van der Waals surface area (Å²) in [5.41, 5.74) is 7.21. The molecule has 0 saturated carbocycles. The van der Waals surface area contributed by atoms with Crippen LogP contribution in [-0.2, 0) is 10.8 Å². The van der Waals surface area contributed by atoms with Gasteiger partial charge in [0.15, 0.2) is 5.84 Å². The molecule has 0 amide bonds. The van der Waals surface area contributed by atoms with Crippen molar-refractivity contribution in [2.45, 2.75) is 65.0 Å². The summed E-state index contributed by atoms with van der Waals surface area (Å²) in [4.78, 5) is 10.1. The van der Waals surface area contributed by atoms with Crippen LogP contribution in [0.1, 0.15) is 70.2 Å². The number of nitrogens with one attached hydrogen (secondary N) is 1. The number of aliphatic imine (C=N–C) groups is 2. The SMILES string of the molecule is CC(C)(C)c1ccc2c3ccc(C(C)(C)C)cc3n(-c3ccc(=C4C=CC(C(F)(F)F)=CC4)c(=C4N=C(c5ccccc5)N=C(c5ccccc5)N4)c3)c2c1. The molecule has 6 aromatic rings. The number of nitrogens with zero attached hydrogens (tertiary/aromatic N) is 3. The third kappa shape index (κ3) is 6.95. The number of hydrogen-bond acceptors (Lipinski definition) is 3. The van der Waals surface area contributed by atoms with Crippen molar-refractivity contribution in [2.24, 2.45) is 9.98 Å². The number of fused-ring (bicyclic) bond motifs is 3. The van der Waals surface area contributed by atoms with Crippen LogP contribution in [0.25, 0.3) is 38.9 Å². The number of halogens is 3. The van der Waals surface area contributed by atoms with Crippen LogP contribution < -0.4 is 15.8 Å². The molecule has 0 atom stereocenters. The van der Waals surface area contributed by atoms with E-state index < -0.39 is 11.7 Å². The van der Waals surface area contributed by atoms with Crippen LogP contribution in [0, 0.1) is 0 Å². The van der Waals surface area contributed by atoms with Crippen LogP contribution in [0.5, 0.6) is 0 Å². The van der Waals surface area contributed by atoms with Crippen molar-refractivity contribution in [1.29, 1.82) is 0 Å². The summed E-state index contributed by atoms with van der Waals surface area (Å²) in [6.45, 7) is 13.3. The van der Waals surface area contributed by atoms with Crippen molar-refractivity contribution < 1.29 is 13.2 Å². The van der Waals surface area contributed by atoms with E-state index in [1.54, 1.807) is 6.08 Å². The van der Waals surface area contributed by atoms with Crippen molar-refractivity contribution in [1.82, 2.24) is 9.88 Å². The number of amidine groups is 2. The molecule has 55 heavy (non-hydrogen) atoms. The first-order valence-corrected chi connectivity index (χ1v) is 18.6. The monoisotopic (exact) mass is 732 g/mol. The van der Waals surface area contributed by atoms with Gasteiger partial charge in [-0.1, -0.05) is 151 Å². The molecular formula is C48H43F3N4. The van der Waals surface area contributed by atoms with Crippen molar-refractivity contribution in [3.8, 4) is 5.69 Å². The highest BCUT2D eigenvalue weighted by molar-refractivity contribution is 6.16. The molecule has 0 radical (unpaired) electrons. The Bertz CT molecular complexity index is 2660. The minimum atomic E-state index is -4.42. The lowest BCUT2D eigenvalue weighted by molar-refractivity contribution is -0.0884. The molecule has 2 aliphatic rings. The molecule has 0 unspecified atom stereocenters. The Hall–Kier alpha value is -5.95. The summed E-state index contributed by atoms with van der Waals surface area (Å²) in [5.74, 6) is 1.72. The third-order valence-electron chi connectivity index (χ3n) is 10.4. The standard InChI is InChI=1S/C48H43F3N4/c1-46(2,3)34-21-24-38-39-25-22-35(47(4,5)6)28-42(39)55(41(38)27-34)36-23-26-37(30-17-19-33(20-18-30)48(49,50)51)40(29-36)45-53-43(31-13-9-7-10-14-31)52-44(54-45)32-15-11-8-12-16-32/h7-17,19-29H,18H2,1-6H3,(H,52,53,54). The molecule has 0 saturated heterocycles. The van der Waals surface area contributed by atoms with Gasteiger partial charge in [-0.05, 0) is 63.4 Å². The Labute approximate surface area is 319 Å². The average molecular weight is 733 g/mol. The zero-order valence-electron chi connectivity index (χ0n) is 31.9. The largest absolute Gasteiger partial charge is 0.416 e. The fraction of sp³-hybridized carbons (Fsp3) is 0.208. The lowest BCUT2D eigenvalue weighted by atomic mass is 9.86. The lowest BCUT2D eigenvalue weighted by Crippen LogP contribution is -2.38. The first-order chi connectivity index (χ1) is 26.1. The molecule has 1 N–H and O–H groups in total. The van der Waals surface area contributed by atoms with E-state index in [1.165, 1.54) is 23.3 Å². The predicted octanol–water partition coefficient (Wildman–Crippen LogP) is 10.5. The van der Waals surface area contributed by atoms with E-state index >= 15 is 0 Å². The van der Waals surface area contributed by atoms with E-state index in [-0.39, 0.29) is 17.3 Å². The van der Waals surface area contributed by atoms with Crippen molar-refractivity contribution in [3.63, 3.8) is 0 Å². The van der Waals surface area contributed by atoms with E-state index in [0.717, 1.165) is 54.6 Å². The Morgan fingerprint density at radius 3 is 1.71 bits per heavy atom. The highest BCUT2D eigenvalue weighted by Crippen LogP contribution is 2.37. The van der Waals surface area contributed by atoms with Gasteiger partial charge in [-0.15, -0.1) is 0 Å². The first kappa shape index (κ1) is 36.0. The highest BCUT2D eigenvalue weighted by atomic mass is 19.4. The van der Waals surface area contributed by atoms with Crippen molar-refractivity contribution in [3.05, 3.63) is 172 Å². The third-order valence-corrected chi connectivity index (χ3v) is 10.4. The van der Waals surface area contributed by atoms with Crippen LogP contribution >= 0.6 is 0 Å². The van der Waals surface area contributed by atoms with Gasteiger partial charge in [-0.25, -0.2) is 9.98 Å². The maximum atomic E-state index is 13.7. The molecular weight excluding hydrogens is 690 g/mol. The molecule has 276 valence electrons. The molecule has 2 heterocycles. The Balaban J connectivity index is 1.47. The van der Waals surface area contributed by atoms with Gasteiger partial charge in [0, 0.05) is 32.8 Å². The smallest absolute Gasteiger partial charge is 0.324 e. The topological polar surface area (TPSA) is 41.7 Å². The van der Waals surface area contributed by atoms with E-state index in [2.05, 4.69) is 100.0 Å². The molecule has 1 aliphatic carbocycles. The van der Waals surface area contributed by atoms with Gasteiger partial charge < -0.3 is 9.88 Å². The van der Waals surface area contributed by atoms with Gasteiger partial charge in [0.2, 0.25) is 0 Å².